The third kappa shape index (κ3) is 3.79. The second kappa shape index (κ2) is 5.27. The van der Waals surface area contributed by atoms with E-state index in [1.807, 2.05) is 0 Å². The van der Waals surface area contributed by atoms with Gasteiger partial charge in [-0.05, 0) is 27.2 Å². The van der Waals surface area contributed by atoms with E-state index in [2.05, 4.69) is 0 Å². The zero-order chi connectivity index (χ0) is 13.0. The molecule has 0 fully saturated rings. The van der Waals surface area contributed by atoms with E-state index in [-0.39, 0.29) is 19.4 Å². The molecule has 16 heavy (non-hydrogen) atoms. The van der Waals surface area contributed by atoms with Crippen LogP contribution in [0.5, 0.6) is 0 Å². The zero-order valence-electron chi connectivity index (χ0n) is 9.69. The number of ether oxygens (including phenoxy) is 1. The summed E-state index contributed by atoms with van der Waals surface area (Å²) in [5.41, 5.74) is -3.19. The summed E-state index contributed by atoms with van der Waals surface area (Å²) >= 11 is 0. The fourth-order valence-corrected chi connectivity index (χ4v) is 1.29. The third-order valence-electron chi connectivity index (χ3n) is 1.86. The van der Waals surface area contributed by atoms with Crippen LogP contribution in [0.2, 0.25) is 0 Å². The van der Waals surface area contributed by atoms with Gasteiger partial charge < -0.3 is 20.1 Å². The smallest absolute Gasteiger partial charge is 0.347 e. The van der Waals surface area contributed by atoms with E-state index in [4.69, 9.17) is 20.1 Å². The van der Waals surface area contributed by atoms with Crippen molar-refractivity contribution in [2.75, 3.05) is 6.61 Å². The van der Waals surface area contributed by atoms with Crippen molar-refractivity contribution in [2.45, 2.75) is 44.8 Å². The second-order valence-electron chi connectivity index (χ2n) is 4.48. The zero-order valence-corrected chi connectivity index (χ0v) is 9.69. The minimum Gasteiger partial charge on any atom is -0.479 e. The fourth-order valence-electron chi connectivity index (χ4n) is 1.29. The van der Waals surface area contributed by atoms with Crippen molar-refractivity contribution >= 4 is 11.9 Å². The lowest BCUT2D eigenvalue weighted by Gasteiger charge is -2.32. The Morgan fingerprint density at radius 1 is 1.12 bits per heavy atom. The first-order valence-corrected chi connectivity index (χ1v) is 4.93. The quantitative estimate of drug-likeness (QED) is 0.577. The predicted octanol–water partition coefficient (Wildman–Crippen LogP) is 0.482. The Bertz CT molecular complexity index is 251. The average Bonchev–Trinajstić information content (AvgIpc) is 2.09. The number of aliphatic hydroxyl groups excluding tert-OH is 1. The van der Waals surface area contributed by atoms with Gasteiger partial charge in [-0.25, -0.2) is 9.59 Å². The van der Waals surface area contributed by atoms with Gasteiger partial charge in [-0.1, -0.05) is 0 Å². The molecular weight excluding hydrogens is 216 g/mol. The molecule has 0 radical (unpaired) electrons. The highest BCUT2D eigenvalue weighted by Crippen LogP contribution is 2.26. The van der Waals surface area contributed by atoms with Crippen molar-refractivity contribution in [1.82, 2.24) is 0 Å². The molecule has 3 N–H and O–H groups in total. The van der Waals surface area contributed by atoms with Gasteiger partial charge in [-0.3, -0.25) is 0 Å². The largest absolute Gasteiger partial charge is 0.479 e. The van der Waals surface area contributed by atoms with E-state index in [0.29, 0.717) is 0 Å². The Morgan fingerprint density at radius 3 is 1.81 bits per heavy atom. The molecule has 0 atom stereocenters. The first-order chi connectivity index (χ1) is 7.15. The van der Waals surface area contributed by atoms with Crippen molar-refractivity contribution in [1.29, 1.82) is 0 Å². The van der Waals surface area contributed by atoms with Crippen molar-refractivity contribution in [2.24, 2.45) is 0 Å². The lowest BCUT2D eigenvalue weighted by Crippen LogP contribution is -2.53. The van der Waals surface area contributed by atoms with E-state index < -0.39 is 23.1 Å². The maximum Gasteiger partial charge on any atom is 0.347 e. The van der Waals surface area contributed by atoms with Crippen LogP contribution in [0.25, 0.3) is 0 Å². The molecule has 0 aromatic carbocycles. The predicted molar refractivity (Wildman–Crippen MR) is 55.2 cm³/mol. The average molecular weight is 234 g/mol. The summed E-state index contributed by atoms with van der Waals surface area (Å²) in [4.78, 5) is 22.1. The minimum atomic E-state index is -2.29. The molecule has 0 saturated carbocycles. The van der Waals surface area contributed by atoms with E-state index >= 15 is 0 Å². The molecule has 0 bridgehead atoms. The molecule has 0 spiro atoms. The van der Waals surface area contributed by atoms with Gasteiger partial charge in [0.25, 0.3) is 5.60 Å². The number of carboxylic acids is 2. The number of hydrogen-bond donors (Lipinski definition) is 3. The number of aliphatic carboxylic acids is 2. The van der Waals surface area contributed by atoms with Gasteiger partial charge in [-0.15, -0.1) is 0 Å². The molecule has 0 aromatic rings. The SMILES string of the molecule is CC(C)(C)OC(CCCO)(C(=O)O)C(=O)O. The number of aliphatic hydroxyl groups is 1. The molecule has 0 aliphatic carbocycles. The van der Waals surface area contributed by atoms with Crippen LogP contribution >= 0.6 is 0 Å². The van der Waals surface area contributed by atoms with Crippen LogP contribution in [0.3, 0.4) is 0 Å². The highest BCUT2D eigenvalue weighted by molar-refractivity contribution is 6.01. The monoisotopic (exact) mass is 234 g/mol. The summed E-state index contributed by atoms with van der Waals surface area (Å²) in [7, 11) is 0. The lowest BCUT2D eigenvalue weighted by molar-refractivity contribution is -0.201. The number of rotatable bonds is 6. The Hall–Kier alpha value is -1.14. The minimum absolute atomic E-state index is 0.0503. The fraction of sp³-hybridized carbons (Fsp3) is 0.800. The van der Waals surface area contributed by atoms with Crippen molar-refractivity contribution in [3.8, 4) is 0 Å². The lowest BCUT2D eigenvalue weighted by atomic mass is 9.96. The second-order valence-corrected chi connectivity index (χ2v) is 4.48. The first-order valence-electron chi connectivity index (χ1n) is 4.93. The first kappa shape index (κ1) is 14.9. The van der Waals surface area contributed by atoms with Gasteiger partial charge in [0.1, 0.15) is 0 Å². The molecule has 94 valence electrons. The molecular formula is C10H18O6. The van der Waals surface area contributed by atoms with Gasteiger partial charge in [-0.2, -0.15) is 0 Å². The molecule has 0 amide bonds. The van der Waals surface area contributed by atoms with Crippen LogP contribution < -0.4 is 0 Å². The van der Waals surface area contributed by atoms with E-state index in [1.165, 1.54) is 0 Å². The molecule has 0 aromatic heterocycles. The summed E-state index contributed by atoms with van der Waals surface area (Å²) in [5, 5.41) is 26.6. The van der Waals surface area contributed by atoms with Crippen LogP contribution in [-0.4, -0.2) is 45.1 Å². The van der Waals surface area contributed by atoms with E-state index in [9.17, 15) is 9.59 Å². The summed E-state index contributed by atoms with van der Waals surface area (Å²) in [6, 6.07) is 0. The number of carboxylic acid groups (broad SMARTS) is 2. The van der Waals surface area contributed by atoms with Crippen molar-refractivity contribution in [3.05, 3.63) is 0 Å². The van der Waals surface area contributed by atoms with Crippen molar-refractivity contribution in [3.63, 3.8) is 0 Å². The van der Waals surface area contributed by atoms with E-state index in [0.717, 1.165) is 0 Å². The third-order valence-corrected chi connectivity index (χ3v) is 1.86. The molecule has 6 nitrogen and oxygen atoms in total. The molecule has 6 heteroatoms. The summed E-state index contributed by atoms with van der Waals surface area (Å²) in [6.07, 6.45) is -0.222. The van der Waals surface area contributed by atoms with Gasteiger partial charge in [0.05, 0.1) is 5.60 Å². The maximum absolute atomic E-state index is 11.1. The summed E-state index contributed by atoms with van der Waals surface area (Å²) in [5.74, 6) is -3.10. The van der Waals surface area contributed by atoms with Gasteiger partial charge in [0.15, 0.2) is 0 Å². The maximum atomic E-state index is 11.1. The molecule has 0 aliphatic heterocycles. The topological polar surface area (TPSA) is 104 Å². The van der Waals surface area contributed by atoms with Crippen LogP contribution in [0.1, 0.15) is 33.6 Å². The van der Waals surface area contributed by atoms with Gasteiger partial charge >= 0.3 is 11.9 Å². The Labute approximate surface area is 93.8 Å². The van der Waals surface area contributed by atoms with Crippen molar-refractivity contribution < 1.29 is 29.6 Å². The van der Waals surface area contributed by atoms with Gasteiger partial charge in [0.2, 0.25) is 0 Å². The summed E-state index contributed by atoms with van der Waals surface area (Å²) < 4.78 is 5.14. The molecule has 0 heterocycles. The van der Waals surface area contributed by atoms with Crippen LogP contribution in [0.15, 0.2) is 0 Å². The van der Waals surface area contributed by atoms with E-state index in [1.54, 1.807) is 20.8 Å². The molecule has 0 rings (SSSR count). The standard InChI is InChI=1S/C10H18O6/c1-9(2,3)16-10(7(12)13,8(14)15)5-4-6-11/h11H,4-6H2,1-3H3,(H,12,13)(H,14,15). The summed E-state index contributed by atoms with van der Waals surface area (Å²) in [6.45, 7) is 4.45. The Morgan fingerprint density at radius 2 is 1.56 bits per heavy atom. The highest BCUT2D eigenvalue weighted by atomic mass is 16.6. The number of hydrogen-bond acceptors (Lipinski definition) is 4. The highest BCUT2D eigenvalue weighted by Gasteiger charge is 2.50. The Balaban J connectivity index is 5.10. The Kier molecular flexibility index (Phi) is 4.89. The van der Waals surface area contributed by atoms with Crippen LogP contribution in [-0.2, 0) is 14.3 Å². The van der Waals surface area contributed by atoms with Crippen LogP contribution in [0.4, 0.5) is 0 Å². The number of carbonyl (C=O) groups is 2. The molecule has 0 aliphatic rings. The molecule has 0 saturated heterocycles. The van der Waals surface area contributed by atoms with Gasteiger partial charge in [0, 0.05) is 13.0 Å². The molecule has 0 unspecified atom stereocenters. The van der Waals surface area contributed by atoms with Crippen LogP contribution in [0, 0.1) is 0 Å². The normalized spacial score (nSPS) is 12.5.